The molecule has 0 aliphatic heterocycles. The Balaban J connectivity index is 2.20. The number of fused-ring (bicyclic) bond motifs is 1. The molecule has 0 saturated heterocycles. The molecule has 0 bridgehead atoms. The number of methoxy groups -OCH3 is 1. The molecule has 0 spiro atoms. The Hall–Kier alpha value is -2.27. The number of nitrogens with zero attached hydrogens (tertiary/aromatic N) is 2. The van der Waals surface area contributed by atoms with Crippen LogP contribution in [0.25, 0.3) is 22.2 Å². The second-order valence-electron chi connectivity index (χ2n) is 3.99. The number of rotatable bonds is 2. The van der Waals surface area contributed by atoms with Crippen molar-refractivity contribution in [1.29, 1.82) is 0 Å². The smallest absolute Gasteiger partial charge is 0.337 e. The van der Waals surface area contributed by atoms with Crippen LogP contribution < -0.4 is 0 Å². The van der Waals surface area contributed by atoms with Crippen LogP contribution >= 0.6 is 11.5 Å². The fourth-order valence-corrected chi connectivity index (χ4v) is 2.45. The van der Waals surface area contributed by atoms with Crippen molar-refractivity contribution >= 4 is 28.3 Å². The van der Waals surface area contributed by atoms with Gasteiger partial charge in [-0.05, 0) is 34.4 Å². The summed E-state index contributed by atoms with van der Waals surface area (Å²) in [5.41, 5.74) is 3.21. The van der Waals surface area contributed by atoms with Crippen LogP contribution in [0.15, 0.2) is 41.9 Å². The fourth-order valence-electron chi connectivity index (χ4n) is 2.01. The summed E-state index contributed by atoms with van der Waals surface area (Å²) >= 11 is 1.32. The van der Waals surface area contributed by atoms with Gasteiger partial charge in [0, 0.05) is 5.56 Å². The van der Waals surface area contributed by atoms with E-state index < -0.39 is 0 Å². The third kappa shape index (κ3) is 2.08. The second kappa shape index (κ2) is 4.78. The van der Waals surface area contributed by atoms with E-state index in [-0.39, 0.29) is 5.97 Å². The van der Waals surface area contributed by atoms with Crippen molar-refractivity contribution in [3.05, 3.63) is 47.5 Å². The fraction of sp³-hybridized carbons (Fsp3) is 0.0714. The molecule has 3 rings (SSSR count). The van der Waals surface area contributed by atoms with Gasteiger partial charge in [0.25, 0.3) is 0 Å². The normalized spacial score (nSPS) is 10.6. The van der Waals surface area contributed by atoms with E-state index in [0.717, 1.165) is 16.3 Å². The minimum absolute atomic E-state index is 0.334. The first kappa shape index (κ1) is 11.8. The van der Waals surface area contributed by atoms with Gasteiger partial charge in [0.05, 0.1) is 12.7 Å². The standard InChI is InChI=1S/C14H10N2O2S/c1-18-14(17)10-5-6-11-9(7-10)3-2-4-12(11)13-15-8-19-16-13/h2-8H,1H3. The molecule has 0 aliphatic carbocycles. The van der Waals surface area contributed by atoms with E-state index >= 15 is 0 Å². The van der Waals surface area contributed by atoms with Gasteiger partial charge in [0.15, 0.2) is 5.82 Å². The molecule has 0 radical (unpaired) electrons. The minimum Gasteiger partial charge on any atom is -0.465 e. The minimum atomic E-state index is -0.334. The lowest BCUT2D eigenvalue weighted by atomic mass is 10.0. The molecular formula is C14H10N2O2S. The Labute approximate surface area is 113 Å². The summed E-state index contributed by atoms with van der Waals surface area (Å²) < 4.78 is 8.97. The molecule has 0 unspecified atom stereocenters. The summed E-state index contributed by atoms with van der Waals surface area (Å²) in [5, 5.41) is 1.99. The summed E-state index contributed by atoms with van der Waals surface area (Å²) in [4.78, 5) is 15.8. The highest BCUT2D eigenvalue weighted by Crippen LogP contribution is 2.27. The molecule has 19 heavy (non-hydrogen) atoms. The number of aromatic nitrogens is 2. The van der Waals surface area contributed by atoms with E-state index in [4.69, 9.17) is 4.74 Å². The molecule has 0 amide bonds. The van der Waals surface area contributed by atoms with Gasteiger partial charge in [0.2, 0.25) is 0 Å². The van der Waals surface area contributed by atoms with Crippen molar-refractivity contribution < 1.29 is 9.53 Å². The molecular weight excluding hydrogens is 260 g/mol. The zero-order valence-corrected chi connectivity index (χ0v) is 11.0. The topological polar surface area (TPSA) is 52.1 Å². The molecule has 0 atom stereocenters. The van der Waals surface area contributed by atoms with Crippen LogP contribution in [0.1, 0.15) is 10.4 Å². The van der Waals surface area contributed by atoms with E-state index in [9.17, 15) is 4.79 Å². The van der Waals surface area contributed by atoms with E-state index in [0.29, 0.717) is 11.4 Å². The predicted molar refractivity (Wildman–Crippen MR) is 74.2 cm³/mol. The van der Waals surface area contributed by atoms with Gasteiger partial charge in [-0.3, -0.25) is 0 Å². The van der Waals surface area contributed by atoms with Crippen LogP contribution in [0.2, 0.25) is 0 Å². The summed E-state index contributed by atoms with van der Waals surface area (Å²) in [6.45, 7) is 0. The molecule has 1 heterocycles. The predicted octanol–water partition coefficient (Wildman–Crippen LogP) is 3.14. The lowest BCUT2D eigenvalue weighted by Gasteiger charge is -2.05. The number of hydrogen-bond donors (Lipinski definition) is 0. The molecule has 4 nitrogen and oxygen atoms in total. The van der Waals surface area contributed by atoms with Crippen LogP contribution in [-0.4, -0.2) is 22.4 Å². The molecule has 0 fully saturated rings. The Bertz CT molecular complexity index is 738. The van der Waals surface area contributed by atoms with Crippen molar-refractivity contribution in [3.63, 3.8) is 0 Å². The SMILES string of the molecule is COC(=O)c1ccc2c(-c3ncsn3)cccc2c1. The van der Waals surface area contributed by atoms with Gasteiger partial charge in [-0.2, -0.15) is 4.37 Å². The average Bonchev–Trinajstić information content (AvgIpc) is 2.99. The lowest BCUT2D eigenvalue weighted by Crippen LogP contribution is -2.00. The number of esters is 1. The van der Waals surface area contributed by atoms with Crippen molar-refractivity contribution in [2.45, 2.75) is 0 Å². The van der Waals surface area contributed by atoms with Crippen molar-refractivity contribution in [1.82, 2.24) is 9.36 Å². The number of carbonyl (C=O) groups is 1. The molecule has 0 N–H and O–H groups in total. The van der Waals surface area contributed by atoms with Crippen LogP contribution in [0.4, 0.5) is 0 Å². The Morgan fingerprint density at radius 3 is 2.89 bits per heavy atom. The van der Waals surface area contributed by atoms with E-state index in [2.05, 4.69) is 9.36 Å². The van der Waals surface area contributed by atoms with Crippen LogP contribution in [-0.2, 0) is 4.74 Å². The number of carbonyl (C=O) groups excluding carboxylic acids is 1. The highest BCUT2D eigenvalue weighted by atomic mass is 32.1. The van der Waals surface area contributed by atoms with E-state index in [1.54, 1.807) is 11.6 Å². The lowest BCUT2D eigenvalue weighted by molar-refractivity contribution is 0.0601. The highest BCUT2D eigenvalue weighted by Gasteiger charge is 2.10. The average molecular weight is 270 g/mol. The Kier molecular flexibility index (Phi) is 2.97. The second-order valence-corrected chi connectivity index (χ2v) is 4.59. The molecule has 0 aliphatic rings. The Morgan fingerprint density at radius 1 is 1.26 bits per heavy atom. The van der Waals surface area contributed by atoms with Crippen LogP contribution in [0.5, 0.6) is 0 Å². The largest absolute Gasteiger partial charge is 0.465 e. The number of benzene rings is 2. The van der Waals surface area contributed by atoms with Gasteiger partial charge in [-0.15, -0.1) is 0 Å². The van der Waals surface area contributed by atoms with E-state index in [1.165, 1.54) is 18.6 Å². The van der Waals surface area contributed by atoms with Gasteiger partial charge < -0.3 is 4.74 Å². The monoisotopic (exact) mass is 270 g/mol. The molecule has 3 aromatic rings. The van der Waals surface area contributed by atoms with E-state index in [1.807, 2.05) is 30.3 Å². The Morgan fingerprint density at radius 2 is 2.16 bits per heavy atom. The number of hydrogen-bond acceptors (Lipinski definition) is 5. The number of ether oxygens (including phenoxy) is 1. The summed E-state index contributed by atoms with van der Waals surface area (Å²) in [6, 6.07) is 11.3. The van der Waals surface area contributed by atoms with Gasteiger partial charge in [0.1, 0.15) is 5.51 Å². The van der Waals surface area contributed by atoms with Gasteiger partial charge in [-0.1, -0.05) is 24.3 Å². The maximum Gasteiger partial charge on any atom is 0.337 e. The molecule has 2 aromatic carbocycles. The zero-order chi connectivity index (χ0) is 13.2. The highest BCUT2D eigenvalue weighted by molar-refractivity contribution is 7.03. The van der Waals surface area contributed by atoms with Crippen molar-refractivity contribution in [2.24, 2.45) is 0 Å². The molecule has 5 heteroatoms. The maximum atomic E-state index is 11.5. The molecule has 94 valence electrons. The first-order valence-electron chi connectivity index (χ1n) is 5.67. The summed E-state index contributed by atoms with van der Waals surface area (Å²) in [7, 11) is 1.38. The van der Waals surface area contributed by atoms with Gasteiger partial charge >= 0.3 is 5.97 Å². The van der Waals surface area contributed by atoms with Crippen LogP contribution in [0.3, 0.4) is 0 Å². The van der Waals surface area contributed by atoms with Crippen molar-refractivity contribution in [3.8, 4) is 11.4 Å². The summed E-state index contributed by atoms with van der Waals surface area (Å²) in [5.74, 6) is 0.375. The maximum absolute atomic E-state index is 11.5. The van der Waals surface area contributed by atoms with Gasteiger partial charge in [-0.25, -0.2) is 9.78 Å². The van der Waals surface area contributed by atoms with Crippen molar-refractivity contribution in [2.75, 3.05) is 7.11 Å². The third-order valence-corrected chi connectivity index (χ3v) is 3.38. The third-order valence-electron chi connectivity index (χ3n) is 2.90. The first-order chi connectivity index (χ1) is 9.29. The zero-order valence-electron chi connectivity index (χ0n) is 10.2. The molecule has 0 saturated carbocycles. The first-order valence-corrected chi connectivity index (χ1v) is 6.51. The summed E-state index contributed by atoms with van der Waals surface area (Å²) in [6.07, 6.45) is 0. The molecule has 1 aromatic heterocycles. The quantitative estimate of drug-likeness (QED) is 0.671. The van der Waals surface area contributed by atoms with Crippen LogP contribution in [0, 0.1) is 0 Å².